The summed E-state index contributed by atoms with van der Waals surface area (Å²) in [4.78, 5) is 17.0. The van der Waals surface area contributed by atoms with Crippen LogP contribution < -0.4 is 5.32 Å². The predicted octanol–water partition coefficient (Wildman–Crippen LogP) is 2.35. The summed E-state index contributed by atoms with van der Waals surface area (Å²) >= 11 is 0. The van der Waals surface area contributed by atoms with Crippen molar-refractivity contribution in [2.45, 2.75) is 45.1 Å². The minimum atomic E-state index is -0.522. The Morgan fingerprint density at radius 1 is 1.50 bits per heavy atom. The van der Waals surface area contributed by atoms with Crippen LogP contribution >= 0.6 is 0 Å². The Bertz CT molecular complexity index is 676. The molecule has 0 spiro atoms. The average Bonchev–Trinajstić information content (AvgIpc) is 3.32. The van der Waals surface area contributed by atoms with Crippen LogP contribution in [0.4, 0.5) is 0 Å². The van der Waals surface area contributed by atoms with Gasteiger partial charge in [-0.05, 0) is 30.9 Å². The van der Waals surface area contributed by atoms with E-state index in [0.29, 0.717) is 11.6 Å². The maximum atomic E-state index is 12.4. The molecule has 1 saturated carbocycles. The lowest BCUT2D eigenvalue weighted by Gasteiger charge is -2.17. The Labute approximate surface area is 130 Å². The second-order valence-electron chi connectivity index (χ2n) is 6.21. The molecule has 118 valence electrons. The fourth-order valence-electron chi connectivity index (χ4n) is 2.61. The van der Waals surface area contributed by atoms with Crippen LogP contribution in [0.25, 0.3) is 5.52 Å². The molecule has 0 radical (unpaired) electrons. The third-order valence-corrected chi connectivity index (χ3v) is 4.51. The van der Waals surface area contributed by atoms with Crippen molar-refractivity contribution in [1.29, 1.82) is 0 Å². The molecule has 3 rings (SSSR count). The summed E-state index contributed by atoms with van der Waals surface area (Å²) in [5.74, 6) is 1.41. The quantitative estimate of drug-likeness (QED) is 0.860. The number of imidazole rings is 1. The molecule has 1 aliphatic rings. The van der Waals surface area contributed by atoms with Crippen LogP contribution in [0.1, 0.15) is 55.3 Å². The topological polar surface area (TPSA) is 66.6 Å². The van der Waals surface area contributed by atoms with E-state index in [0.717, 1.165) is 30.6 Å². The molecule has 5 nitrogen and oxygen atoms in total. The van der Waals surface area contributed by atoms with Gasteiger partial charge < -0.3 is 14.8 Å². The number of carbonyl (C=O) groups excluding carboxylic acids is 1. The monoisotopic (exact) mass is 301 g/mol. The number of nitrogens with one attached hydrogen (secondary N) is 1. The van der Waals surface area contributed by atoms with E-state index in [9.17, 15) is 9.90 Å². The first-order chi connectivity index (χ1) is 10.6. The molecule has 22 heavy (non-hydrogen) atoms. The van der Waals surface area contributed by atoms with Crippen LogP contribution in [-0.2, 0) is 0 Å². The molecule has 0 aliphatic heterocycles. The molecular weight excluding hydrogens is 278 g/mol. The number of aromatic nitrogens is 2. The number of carbonyl (C=O) groups is 1. The second-order valence-corrected chi connectivity index (χ2v) is 6.21. The minimum absolute atomic E-state index is 0.168. The predicted molar refractivity (Wildman–Crippen MR) is 85.0 cm³/mol. The van der Waals surface area contributed by atoms with Crippen molar-refractivity contribution in [3.05, 3.63) is 35.9 Å². The standard InChI is InChI=1S/C17H23N3O2/c1-3-11(2)14(21)10-18-17(22)15-13-6-4-5-9-20(13)16(19-15)12-7-8-12/h4-6,9,11-12,14,21H,3,7-8,10H2,1-2H3,(H,18,22). The number of aliphatic hydroxyl groups is 1. The van der Waals surface area contributed by atoms with Gasteiger partial charge in [0.1, 0.15) is 5.82 Å². The van der Waals surface area contributed by atoms with Gasteiger partial charge >= 0.3 is 0 Å². The molecule has 2 aromatic rings. The number of fused-ring (bicyclic) bond motifs is 1. The van der Waals surface area contributed by atoms with Crippen LogP contribution in [0.5, 0.6) is 0 Å². The molecule has 2 aromatic heterocycles. The maximum Gasteiger partial charge on any atom is 0.272 e. The number of pyridine rings is 1. The number of rotatable bonds is 6. The molecule has 2 N–H and O–H groups in total. The Kier molecular flexibility index (Phi) is 4.16. The molecule has 2 atom stereocenters. The lowest BCUT2D eigenvalue weighted by molar-refractivity contribution is 0.0847. The maximum absolute atomic E-state index is 12.4. The highest BCUT2D eigenvalue weighted by Crippen LogP contribution is 2.39. The molecule has 1 aliphatic carbocycles. The minimum Gasteiger partial charge on any atom is -0.391 e. The average molecular weight is 301 g/mol. The van der Waals surface area contributed by atoms with E-state index >= 15 is 0 Å². The van der Waals surface area contributed by atoms with Gasteiger partial charge in [0, 0.05) is 18.7 Å². The fourth-order valence-corrected chi connectivity index (χ4v) is 2.61. The highest BCUT2D eigenvalue weighted by molar-refractivity contribution is 5.99. The zero-order valence-electron chi connectivity index (χ0n) is 13.1. The smallest absolute Gasteiger partial charge is 0.272 e. The second kappa shape index (κ2) is 6.08. The van der Waals surface area contributed by atoms with Gasteiger partial charge in [0.25, 0.3) is 5.91 Å². The first kappa shape index (κ1) is 15.0. The molecule has 2 unspecified atom stereocenters. The zero-order chi connectivity index (χ0) is 15.7. The summed E-state index contributed by atoms with van der Waals surface area (Å²) in [5, 5.41) is 12.8. The van der Waals surface area contributed by atoms with Crippen molar-refractivity contribution in [2.24, 2.45) is 5.92 Å². The highest BCUT2D eigenvalue weighted by Gasteiger charge is 2.30. The summed E-state index contributed by atoms with van der Waals surface area (Å²) in [6.07, 6.45) is 4.60. The van der Waals surface area contributed by atoms with Crippen LogP contribution in [-0.4, -0.2) is 33.0 Å². The molecule has 2 heterocycles. The lowest BCUT2D eigenvalue weighted by atomic mass is 10.0. The van der Waals surface area contributed by atoms with Gasteiger partial charge in [0.2, 0.25) is 0 Å². The molecular formula is C17H23N3O2. The van der Waals surface area contributed by atoms with E-state index in [1.54, 1.807) is 0 Å². The molecule has 1 fully saturated rings. The molecule has 0 aromatic carbocycles. The number of hydrogen-bond donors (Lipinski definition) is 2. The highest BCUT2D eigenvalue weighted by atomic mass is 16.3. The van der Waals surface area contributed by atoms with E-state index in [1.807, 2.05) is 42.6 Å². The van der Waals surface area contributed by atoms with Crippen molar-refractivity contribution in [3.8, 4) is 0 Å². The van der Waals surface area contributed by atoms with Crippen LogP contribution in [0.3, 0.4) is 0 Å². The van der Waals surface area contributed by atoms with Crippen molar-refractivity contribution in [2.75, 3.05) is 6.54 Å². The number of nitrogens with zero attached hydrogens (tertiary/aromatic N) is 2. The van der Waals surface area contributed by atoms with E-state index in [2.05, 4.69) is 10.3 Å². The van der Waals surface area contributed by atoms with Gasteiger partial charge in [-0.2, -0.15) is 0 Å². The zero-order valence-corrected chi connectivity index (χ0v) is 13.1. The van der Waals surface area contributed by atoms with Crippen molar-refractivity contribution in [3.63, 3.8) is 0 Å². The Morgan fingerprint density at radius 3 is 2.95 bits per heavy atom. The molecule has 0 saturated heterocycles. The summed E-state index contributed by atoms with van der Waals surface area (Å²) < 4.78 is 2.01. The van der Waals surface area contributed by atoms with Crippen molar-refractivity contribution < 1.29 is 9.90 Å². The molecule has 0 bridgehead atoms. The van der Waals surface area contributed by atoms with Crippen LogP contribution in [0.15, 0.2) is 24.4 Å². The van der Waals surface area contributed by atoms with Gasteiger partial charge in [-0.25, -0.2) is 4.98 Å². The van der Waals surface area contributed by atoms with E-state index in [-0.39, 0.29) is 18.4 Å². The third kappa shape index (κ3) is 2.86. The van der Waals surface area contributed by atoms with Gasteiger partial charge in [-0.3, -0.25) is 4.79 Å². The molecule has 5 heteroatoms. The van der Waals surface area contributed by atoms with Crippen LogP contribution in [0, 0.1) is 5.92 Å². The van der Waals surface area contributed by atoms with Gasteiger partial charge in [0.05, 0.1) is 11.6 Å². The van der Waals surface area contributed by atoms with E-state index in [1.165, 1.54) is 0 Å². The summed E-state index contributed by atoms with van der Waals surface area (Å²) in [6, 6.07) is 5.78. The van der Waals surface area contributed by atoms with E-state index < -0.39 is 6.10 Å². The summed E-state index contributed by atoms with van der Waals surface area (Å²) in [7, 11) is 0. The van der Waals surface area contributed by atoms with Crippen molar-refractivity contribution in [1.82, 2.24) is 14.7 Å². The Hall–Kier alpha value is -1.88. The lowest BCUT2D eigenvalue weighted by Crippen LogP contribution is -2.35. The van der Waals surface area contributed by atoms with Crippen LogP contribution in [0.2, 0.25) is 0 Å². The number of aliphatic hydroxyl groups excluding tert-OH is 1. The van der Waals surface area contributed by atoms with E-state index in [4.69, 9.17) is 0 Å². The fraction of sp³-hybridized carbons (Fsp3) is 0.529. The number of hydrogen-bond acceptors (Lipinski definition) is 3. The SMILES string of the molecule is CCC(C)C(O)CNC(=O)c1nc(C2CC2)n2ccccc12. The third-order valence-electron chi connectivity index (χ3n) is 4.51. The Morgan fingerprint density at radius 2 is 2.27 bits per heavy atom. The Balaban J connectivity index is 1.79. The van der Waals surface area contributed by atoms with Gasteiger partial charge in [-0.1, -0.05) is 26.3 Å². The molecule has 1 amide bonds. The van der Waals surface area contributed by atoms with Gasteiger partial charge in [0.15, 0.2) is 5.69 Å². The van der Waals surface area contributed by atoms with Gasteiger partial charge in [-0.15, -0.1) is 0 Å². The summed E-state index contributed by atoms with van der Waals surface area (Å²) in [5.41, 5.74) is 1.29. The largest absolute Gasteiger partial charge is 0.391 e. The first-order valence-electron chi connectivity index (χ1n) is 8.05. The normalized spacial score (nSPS) is 17.4. The first-order valence-corrected chi connectivity index (χ1v) is 8.05. The summed E-state index contributed by atoms with van der Waals surface area (Å²) in [6.45, 7) is 4.27. The van der Waals surface area contributed by atoms with Crippen molar-refractivity contribution >= 4 is 11.4 Å². The number of amides is 1.